The van der Waals surface area contributed by atoms with E-state index in [9.17, 15) is 57.5 Å². The van der Waals surface area contributed by atoms with E-state index < -0.39 is 73.9 Å². The van der Waals surface area contributed by atoms with E-state index in [1.54, 1.807) is 0 Å². The minimum Gasteiger partial charge on any atom is -0.272 e. The first-order valence-corrected chi connectivity index (χ1v) is 9.00. The molecule has 2 amide bonds. The van der Waals surface area contributed by atoms with Crippen molar-refractivity contribution in [3.63, 3.8) is 0 Å². The minimum absolute atomic E-state index is 0.291. The van der Waals surface area contributed by atoms with Crippen molar-refractivity contribution in [3.8, 4) is 0 Å². The standard InChI is InChI=1S/C13H8F9NO5S/c14-10(15,12(18,19)20)11(16,17)13(21,22)29(26,27)28-23-8(24)6-4-1-2-5(3-4)7(6)9(23)25/h1-2,4-7H,3H2/t4-,5+,6+,7-. The van der Waals surface area contributed by atoms with Gasteiger partial charge in [0.05, 0.1) is 11.8 Å². The Bertz CT molecular complexity index is 867. The number of imide groups is 1. The van der Waals surface area contributed by atoms with Crippen molar-refractivity contribution >= 4 is 21.9 Å². The zero-order chi connectivity index (χ0) is 22.4. The summed E-state index contributed by atoms with van der Waals surface area (Å²) in [4.78, 5) is 24.2. The molecule has 0 radical (unpaired) electrons. The van der Waals surface area contributed by atoms with Crippen molar-refractivity contribution in [2.24, 2.45) is 23.7 Å². The number of rotatable bonds is 5. The van der Waals surface area contributed by atoms with Gasteiger partial charge in [0.15, 0.2) is 0 Å². The average molecular weight is 461 g/mol. The first kappa shape index (κ1) is 21.9. The zero-order valence-electron chi connectivity index (χ0n) is 13.5. The number of alkyl halides is 9. The van der Waals surface area contributed by atoms with Gasteiger partial charge in [-0.1, -0.05) is 12.2 Å². The third kappa shape index (κ3) is 2.63. The number of hydrogen-bond acceptors (Lipinski definition) is 5. The highest BCUT2D eigenvalue weighted by molar-refractivity contribution is 7.87. The Labute approximate surface area is 155 Å². The first-order chi connectivity index (χ1) is 12.9. The monoisotopic (exact) mass is 461 g/mol. The fraction of sp³-hybridized carbons (Fsp3) is 0.692. The Balaban J connectivity index is 1.91. The number of fused-ring (bicyclic) bond motifs is 5. The smallest absolute Gasteiger partial charge is 0.272 e. The highest BCUT2D eigenvalue weighted by atomic mass is 32.2. The summed E-state index contributed by atoms with van der Waals surface area (Å²) in [6.45, 7) is 0. The molecule has 16 heteroatoms. The van der Waals surface area contributed by atoms with E-state index in [2.05, 4.69) is 4.28 Å². The van der Waals surface area contributed by atoms with E-state index in [1.807, 2.05) is 0 Å². The second-order valence-corrected chi connectivity index (χ2v) is 8.23. The molecule has 1 saturated heterocycles. The van der Waals surface area contributed by atoms with Crippen LogP contribution >= 0.6 is 0 Å². The molecule has 2 fully saturated rings. The van der Waals surface area contributed by atoms with Gasteiger partial charge in [-0.05, 0) is 18.3 Å². The summed E-state index contributed by atoms with van der Waals surface area (Å²) in [6, 6.07) is 0. The van der Waals surface area contributed by atoms with Crippen LogP contribution in [0.25, 0.3) is 0 Å². The number of nitrogens with zero attached hydrogens (tertiary/aromatic N) is 1. The highest BCUT2D eigenvalue weighted by Crippen LogP contribution is 2.56. The lowest BCUT2D eigenvalue weighted by atomic mass is 9.85. The summed E-state index contributed by atoms with van der Waals surface area (Å²) in [5.74, 6) is -21.7. The lowest BCUT2D eigenvalue weighted by Crippen LogP contribution is -2.64. The molecule has 4 atom stereocenters. The normalized spacial score (nSPS) is 30.4. The molecule has 0 aromatic carbocycles. The number of carbonyl (C=O) groups excluding carboxylic acids is 2. The van der Waals surface area contributed by atoms with E-state index in [0.29, 0.717) is 6.42 Å². The molecule has 29 heavy (non-hydrogen) atoms. The molecule has 0 unspecified atom stereocenters. The molecule has 0 aromatic heterocycles. The van der Waals surface area contributed by atoms with Gasteiger partial charge in [-0.2, -0.15) is 47.9 Å². The van der Waals surface area contributed by atoms with Crippen LogP contribution < -0.4 is 0 Å². The molecule has 6 nitrogen and oxygen atoms in total. The Morgan fingerprint density at radius 1 is 0.828 bits per heavy atom. The second kappa shape index (κ2) is 5.86. The van der Waals surface area contributed by atoms with Gasteiger partial charge in [0.25, 0.3) is 11.8 Å². The van der Waals surface area contributed by atoms with Crippen LogP contribution in [-0.4, -0.2) is 48.6 Å². The quantitative estimate of drug-likeness (QED) is 0.357. The lowest BCUT2D eigenvalue weighted by molar-refractivity contribution is -0.383. The van der Waals surface area contributed by atoms with Gasteiger partial charge < -0.3 is 0 Å². The molecule has 3 aliphatic rings. The molecule has 1 aliphatic heterocycles. The Hall–Kier alpha value is -1.84. The molecule has 2 aliphatic carbocycles. The maximum absolute atomic E-state index is 13.7. The maximum Gasteiger partial charge on any atom is 0.460 e. The van der Waals surface area contributed by atoms with Gasteiger partial charge in [-0.3, -0.25) is 9.59 Å². The van der Waals surface area contributed by atoms with E-state index in [0.717, 1.165) is 0 Å². The van der Waals surface area contributed by atoms with Crippen molar-refractivity contribution < 1.29 is 61.8 Å². The van der Waals surface area contributed by atoms with Gasteiger partial charge in [0.1, 0.15) is 0 Å². The third-order valence-electron chi connectivity index (χ3n) is 5.03. The van der Waals surface area contributed by atoms with Gasteiger partial charge in [0, 0.05) is 0 Å². The third-order valence-corrected chi connectivity index (χ3v) is 6.26. The molecule has 1 saturated carbocycles. The van der Waals surface area contributed by atoms with Crippen LogP contribution in [0.3, 0.4) is 0 Å². The molecule has 3 rings (SSSR count). The summed E-state index contributed by atoms with van der Waals surface area (Å²) in [5, 5.41) is -7.96. The van der Waals surface area contributed by atoms with Gasteiger partial charge in [-0.15, -0.1) is 9.35 Å². The lowest BCUT2D eigenvalue weighted by Gasteiger charge is -2.32. The molecule has 1 heterocycles. The molecular formula is C13H8F9NO5S. The molecule has 0 N–H and O–H groups in total. The number of halogens is 9. The predicted octanol–water partition coefficient (Wildman–Crippen LogP) is 2.48. The van der Waals surface area contributed by atoms with Crippen LogP contribution in [0.4, 0.5) is 39.5 Å². The highest BCUT2D eigenvalue weighted by Gasteiger charge is 2.86. The first-order valence-electron chi connectivity index (χ1n) is 7.59. The van der Waals surface area contributed by atoms with Crippen molar-refractivity contribution in [3.05, 3.63) is 12.2 Å². The summed E-state index contributed by atoms with van der Waals surface area (Å²) in [6.07, 6.45) is -4.01. The van der Waals surface area contributed by atoms with E-state index in [4.69, 9.17) is 0 Å². The Morgan fingerprint density at radius 3 is 1.62 bits per heavy atom. The van der Waals surface area contributed by atoms with Gasteiger partial charge >= 0.3 is 33.4 Å². The largest absolute Gasteiger partial charge is 0.460 e. The van der Waals surface area contributed by atoms with Gasteiger partial charge in [0.2, 0.25) is 0 Å². The Morgan fingerprint density at radius 2 is 1.24 bits per heavy atom. The second-order valence-electron chi connectivity index (χ2n) is 6.66. The number of amides is 2. The fourth-order valence-corrected chi connectivity index (χ4v) is 4.49. The van der Waals surface area contributed by atoms with Crippen molar-refractivity contribution in [1.82, 2.24) is 5.06 Å². The van der Waals surface area contributed by atoms with Crippen LogP contribution in [0.5, 0.6) is 0 Å². The maximum atomic E-state index is 13.7. The minimum atomic E-state index is -7.53. The van der Waals surface area contributed by atoms with Crippen molar-refractivity contribution in [2.45, 2.75) is 29.7 Å². The topological polar surface area (TPSA) is 80.8 Å². The van der Waals surface area contributed by atoms with E-state index >= 15 is 0 Å². The summed E-state index contributed by atoms with van der Waals surface area (Å²) >= 11 is 0. The molecule has 164 valence electrons. The molecular weight excluding hydrogens is 453 g/mol. The fourth-order valence-electron chi connectivity index (χ4n) is 3.61. The predicted molar refractivity (Wildman–Crippen MR) is 70.5 cm³/mol. The van der Waals surface area contributed by atoms with Crippen molar-refractivity contribution in [2.75, 3.05) is 0 Å². The van der Waals surface area contributed by atoms with Crippen LogP contribution in [0.2, 0.25) is 0 Å². The van der Waals surface area contributed by atoms with E-state index in [-0.39, 0.29) is 0 Å². The van der Waals surface area contributed by atoms with Crippen LogP contribution in [0, 0.1) is 23.7 Å². The number of hydrogen-bond donors (Lipinski definition) is 0. The number of hydroxylamine groups is 2. The van der Waals surface area contributed by atoms with Gasteiger partial charge in [-0.25, -0.2) is 0 Å². The summed E-state index contributed by atoms with van der Waals surface area (Å²) in [7, 11) is -7.36. The van der Waals surface area contributed by atoms with Crippen molar-refractivity contribution in [1.29, 1.82) is 0 Å². The molecule has 2 bridgehead atoms. The Kier molecular flexibility index (Phi) is 4.42. The number of allylic oxidation sites excluding steroid dienone is 2. The van der Waals surface area contributed by atoms with Crippen LogP contribution in [-0.2, 0) is 24.0 Å². The zero-order valence-corrected chi connectivity index (χ0v) is 14.3. The summed E-state index contributed by atoms with van der Waals surface area (Å²) in [5.41, 5.74) is 0. The summed E-state index contributed by atoms with van der Waals surface area (Å²) < 4.78 is 142. The van der Waals surface area contributed by atoms with Crippen LogP contribution in [0.1, 0.15) is 6.42 Å². The van der Waals surface area contributed by atoms with E-state index in [1.165, 1.54) is 12.2 Å². The number of carbonyl (C=O) groups is 2. The SMILES string of the molecule is O=C1[C@@H]2[C@H](C(=O)N1OS(=O)(=O)C(F)(F)C(F)(F)C(F)(F)C(F)(F)F)[C@H]1C=C[C@@H]2C1. The molecule has 0 aromatic rings. The molecule has 0 spiro atoms. The average Bonchev–Trinajstić information content (AvgIpc) is 3.23. The van der Waals surface area contributed by atoms with Crippen LogP contribution in [0.15, 0.2) is 12.2 Å².